The summed E-state index contributed by atoms with van der Waals surface area (Å²) >= 11 is 0. The lowest BCUT2D eigenvalue weighted by Gasteiger charge is -2.63. The van der Waals surface area contributed by atoms with Crippen LogP contribution in [0.5, 0.6) is 0 Å². The Morgan fingerprint density at radius 1 is 1.04 bits per heavy atom. The van der Waals surface area contributed by atoms with Crippen molar-refractivity contribution in [2.75, 3.05) is 0 Å². The van der Waals surface area contributed by atoms with Crippen molar-refractivity contribution in [3.8, 4) is 0 Å². The first kappa shape index (κ1) is 15.8. The van der Waals surface area contributed by atoms with Crippen molar-refractivity contribution in [3.63, 3.8) is 0 Å². The number of ketones is 2. The molecule has 4 fully saturated rings. The van der Waals surface area contributed by atoms with Crippen molar-refractivity contribution in [3.05, 3.63) is 0 Å². The molecule has 128 valence electrons. The summed E-state index contributed by atoms with van der Waals surface area (Å²) in [7, 11) is 0. The Morgan fingerprint density at radius 2 is 1.78 bits per heavy atom. The van der Waals surface area contributed by atoms with Gasteiger partial charge in [-0.05, 0) is 43.4 Å². The fraction of sp³-hybridized carbons (Fsp3) is 0.895. The zero-order valence-corrected chi connectivity index (χ0v) is 14.2. The Hall–Kier alpha value is -0.740. The lowest BCUT2D eigenvalue weighted by molar-refractivity contribution is -0.231. The van der Waals surface area contributed by atoms with Crippen LogP contribution in [0.2, 0.25) is 0 Å². The lowest BCUT2D eigenvalue weighted by atomic mass is 9.43. The van der Waals surface area contributed by atoms with Gasteiger partial charge in [0.2, 0.25) is 0 Å². The van der Waals surface area contributed by atoms with Crippen LogP contribution in [0.4, 0.5) is 0 Å². The van der Waals surface area contributed by atoms with Crippen LogP contribution in [0.3, 0.4) is 0 Å². The van der Waals surface area contributed by atoms with Crippen LogP contribution in [-0.2, 0) is 9.59 Å². The number of fused-ring (bicyclic) bond motifs is 5. The van der Waals surface area contributed by atoms with Gasteiger partial charge < -0.3 is 10.2 Å². The second kappa shape index (κ2) is 4.66. The maximum absolute atomic E-state index is 12.4. The number of aliphatic hydroxyl groups excluding tert-OH is 1. The number of carbonyl (C=O) groups is 2. The molecule has 0 bridgehead atoms. The summed E-state index contributed by atoms with van der Waals surface area (Å²) in [4.78, 5) is 24.3. The lowest BCUT2D eigenvalue weighted by Crippen LogP contribution is -2.66. The standard InChI is InChI=1S/C19H28O4/c1-17-7-6-13-16(12(17)3-4-15(17)22)14(21)10-19(23)9-11(20)5-8-18(13,19)2/h12-14,16,21,23H,3-10H2,1-2H3/t12-,13+,14?,16-,17-,18+,19?/m0/s1. The van der Waals surface area contributed by atoms with Crippen LogP contribution >= 0.6 is 0 Å². The van der Waals surface area contributed by atoms with Crippen LogP contribution in [0.25, 0.3) is 0 Å². The summed E-state index contributed by atoms with van der Waals surface area (Å²) in [6, 6.07) is 0. The van der Waals surface area contributed by atoms with E-state index >= 15 is 0 Å². The van der Waals surface area contributed by atoms with Crippen LogP contribution < -0.4 is 0 Å². The first-order chi connectivity index (χ1) is 10.7. The Kier molecular flexibility index (Phi) is 3.20. The van der Waals surface area contributed by atoms with Gasteiger partial charge in [0, 0.05) is 36.5 Å². The summed E-state index contributed by atoms with van der Waals surface area (Å²) in [6.45, 7) is 4.21. The van der Waals surface area contributed by atoms with E-state index in [1.54, 1.807) is 0 Å². The van der Waals surface area contributed by atoms with Crippen LogP contribution in [0.15, 0.2) is 0 Å². The predicted octanol–water partition coefficient (Wildman–Crippen LogP) is 2.25. The molecular weight excluding hydrogens is 292 g/mol. The molecule has 0 amide bonds. The fourth-order valence-corrected chi connectivity index (χ4v) is 6.81. The monoisotopic (exact) mass is 320 g/mol. The second-order valence-electron chi connectivity index (χ2n) is 9.14. The van der Waals surface area contributed by atoms with Crippen molar-refractivity contribution >= 4 is 11.6 Å². The van der Waals surface area contributed by atoms with Crippen LogP contribution in [0, 0.1) is 28.6 Å². The summed E-state index contributed by atoms with van der Waals surface area (Å²) in [5.41, 5.74) is -1.66. The molecule has 4 heteroatoms. The van der Waals surface area contributed by atoms with Crippen molar-refractivity contribution in [2.45, 2.75) is 76.9 Å². The molecule has 0 aliphatic heterocycles. The molecule has 7 atom stereocenters. The highest BCUT2D eigenvalue weighted by Gasteiger charge is 2.66. The fourth-order valence-electron chi connectivity index (χ4n) is 6.81. The molecule has 2 unspecified atom stereocenters. The van der Waals surface area contributed by atoms with E-state index in [2.05, 4.69) is 13.8 Å². The highest BCUT2D eigenvalue weighted by atomic mass is 16.3. The molecule has 0 aromatic heterocycles. The van der Waals surface area contributed by atoms with Gasteiger partial charge in [-0.2, -0.15) is 0 Å². The molecule has 23 heavy (non-hydrogen) atoms. The summed E-state index contributed by atoms with van der Waals surface area (Å²) in [6.07, 6.45) is 4.39. The number of Topliss-reactive ketones (excluding diaryl/α,β-unsaturated/α-hetero) is 2. The maximum Gasteiger partial charge on any atom is 0.139 e. The van der Waals surface area contributed by atoms with Gasteiger partial charge >= 0.3 is 0 Å². The third kappa shape index (κ3) is 1.85. The van der Waals surface area contributed by atoms with Crippen molar-refractivity contribution in [1.29, 1.82) is 0 Å². The first-order valence-electron chi connectivity index (χ1n) is 9.17. The smallest absolute Gasteiger partial charge is 0.139 e. The second-order valence-corrected chi connectivity index (χ2v) is 9.14. The van der Waals surface area contributed by atoms with E-state index < -0.39 is 11.7 Å². The van der Waals surface area contributed by atoms with Gasteiger partial charge in [-0.25, -0.2) is 0 Å². The topological polar surface area (TPSA) is 74.6 Å². The summed E-state index contributed by atoms with van der Waals surface area (Å²) in [5, 5.41) is 22.1. The molecular formula is C19H28O4. The van der Waals surface area contributed by atoms with E-state index in [1.165, 1.54) is 0 Å². The largest absolute Gasteiger partial charge is 0.393 e. The van der Waals surface area contributed by atoms with Gasteiger partial charge in [0.25, 0.3) is 0 Å². The van der Waals surface area contributed by atoms with Crippen LogP contribution in [-0.4, -0.2) is 33.5 Å². The highest BCUT2D eigenvalue weighted by molar-refractivity contribution is 5.87. The van der Waals surface area contributed by atoms with Crippen LogP contribution in [0.1, 0.15) is 65.2 Å². The van der Waals surface area contributed by atoms with Gasteiger partial charge in [0.15, 0.2) is 0 Å². The quantitative estimate of drug-likeness (QED) is 0.718. The first-order valence-corrected chi connectivity index (χ1v) is 9.17. The molecule has 4 rings (SSSR count). The minimum atomic E-state index is -1.07. The molecule has 4 saturated carbocycles. The number of hydrogen-bond donors (Lipinski definition) is 2. The van der Waals surface area contributed by atoms with Crippen molar-refractivity contribution < 1.29 is 19.8 Å². The molecule has 0 radical (unpaired) electrons. The van der Waals surface area contributed by atoms with Gasteiger partial charge in [-0.3, -0.25) is 9.59 Å². The molecule has 0 saturated heterocycles. The van der Waals surface area contributed by atoms with Gasteiger partial charge in [0.05, 0.1) is 11.7 Å². The van der Waals surface area contributed by atoms with Gasteiger partial charge in [-0.15, -0.1) is 0 Å². The Morgan fingerprint density at radius 3 is 2.52 bits per heavy atom. The average molecular weight is 320 g/mol. The van der Waals surface area contributed by atoms with E-state index in [1.807, 2.05) is 0 Å². The third-order valence-corrected chi connectivity index (χ3v) is 8.33. The SMILES string of the molecule is C[C@]12CC[C@@H]3[C@@H](C(O)CC4(O)CC(=O)CC[C@]34C)[C@@H]1CCC2=O. The normalized spacial score (nSPS) is 56.0. The van der Waals surface area contributed by atoms with E-state index in [0.717, 1.165) is 19.3 Å². The summed E-state index contributed by atoms with van der Waals surface area (Å²) < 4.78 is 0. The van der Waals surface area contributed by atoms with Crippen molar-refractivity contribution in [2.24, 2.45) is 28.6 Å². The van der Waals surface area contributed by atoms with Gasteiger partial charge in [-0.1, -0.05) is 13.8 Å². The molecule has 4 aliphatic rings. The minimum absolute atomic E-state index is 0.0960. The Bertz CT molecular complexity index is 572. The average Bonchev–Trinajstić information content (AvgIpc) is 2.77. The molecule has 4 nitrogen and oxygen atoms in total. The molecule has 0 heterocycles. The Labute approximate surface area is 137 Å². The minimum Gasteiger partial charge on any atom is -0.393 e. The zero-order valence-electron chi connectivity index (χ0n) is 14.2. The molecule has 2 N–H and O–H groups in total. The van der Waals surface area contributed by atoms with E-state index in [9.17, 15) is 19.8 Å². The van der Waals surface area contributed by atoms with Crippen molar-refractivity contribution in [1.82, 2.24) is 0 Å². The van der Waals surface area contributed by atoms with E-state index in [-0.39, 0.29) is 47.2 Å². The highest BCUT2D eigenvalue weighted by Crippen LogP contribution is 2.66. The van der Waals surface area contributed by atoms with E-state index in [0.29, 0.717) is 25.0 Å². The van der Waals surface area contributed by atoms with E-state index in [4.69, 9.17) is 0 Å². The number of carbonyl (C=O) groups excluding carboxylic acids is 2. The summed E-state index contributed by atoms with van der Waals surface area (Å²) in [5.74, 6) is 1.03. The maximum atomic E-state index is 12.4. The molecule has 4 aliphatic carbocycles. The number of aliphatic hydroxyl groups is 2. The zero-order chi connectivity index (χ0) is 16.6. The predicted molar refractivity (Wildman–Crippen MR) is 84.6 cm³/mol. The molecule has 0 aromatic rings. The third-order valence-electron chi connectivity index (χ3n) is 8.33. The number of rotatable bonds is 0. The molecule has 0 spiro atoms. The number of hydrogen-bond acceptors (Lipinski definition) is 4. The molecule has 0 aromatic carbocycles. The Balaban J connectivity index is 1.74. The van der Waals surface area contributed by atoms with Gasteiger partial charge in [0.1, 0.15) is 11.6 Å².